The van der Waals surface area contributed by atoms with Gasteiger partial charge in [0, 0.05) is 0 Å². The van der Waals surface area contributed by atoms with Crippen LogP contribution in [0.4, 0.5) is 0 Å². The van der Waals surface area contributed by atoms with Crippen molar-refractivity contribution < 1.29 is 75.8 Å². The summed E-state index contributed by atoms with van der Waals surface area (Å²) in [7, 11) is -5.39. The van der Waals surface area contributed by atoms with E-state index in [1.807, 2.05) is 66.0 Å². The molecule has 0 spiro atoms. The molecule has 4 saturated heterocycles. The van der Waals surface area contributed by atoms with Crippen LogP contribution >= 0.6 is 88.4 Å². The van der Waals surface area contributed by atoms with Crippen molar-refractivity contribution in [2.24, 2.45) is 0 Å². The predicted octanol–water partition coefficient (Wildman–Crippen LogP) is -4.49. The van der Waals surface area contributed by atoms with Crippen molar-refractivity contribution in [1.82, 2.24) is 0 Å². The van der Waals surface area contributed by atoms with Crippen LogP contribution in [0, 0.1) is 0 Å². The summed E-state index contributed by atoms with van der Waals surface area (Å²) in [6, 6.07) is 0. The van der Waals surface area contributed by atoms with E-state index in [0.29, 0.717) is 0 Å². The molecular weight excluding hydrogens is 560 g/mol. The number of hydrogen-bond donors (Lipinski definition) is 0. The van der Waals surface area contributed by atoms with E-state index in [-0.39, 0.29) is 56.6 Å². The molecule has 0 unspecified atom stereocenters. The average Bonchev–Trinajstić information content (AvgIpc) is 1.83. The second-order valence-electron chi connectivity index (χ2n) is 2.73. The Bertz CT molecular complexity index is 494. The van der Waals surface area contributed by atoms with E-state index in [1.165, 1.54) is 0 Å². The Labute approximate surface area is 207 Å². The topological polar surface area (TPSA) is 86.2 Å². The van der Waals surface area contributed by atoms with Crippen molar-refractivity contribution in [3.05, 3.63) is 0 Å². The van der Waals surface area contributed by atoms with E-state index in [1.54, 1.807) is 0 Å². The van der Waals surface area contributed by atoms with Gasteiger partial charge in [-0.15, -0.1) is 0 Å². The minimum Gasteiger partial charge on any atom is -0.822 e. The first-order chi connectivity index (χ1) is 8.24. The Kier molecular flexibility index (Phi) is 15.1. The molecule has 0 aromatic rings. The first kappa shape index (κ1) is 30.8. The van der Waals surface area contributed by atoms with Crippen LogP contribution in [0.15, 0.2) is 0 Å². The molecule has 4 rings (SSSR count). The Morgan fingerprint density at radius 1 is 0.591 bits per heavy atom. The van der Waals surface area contributed by atoms with Crippen LogP contribution in [-0.2, 0) is 51.8 Å². The molecule has 0 aromatic carbocycles. The maximum absolute atomic E-state index is 8.55. The largest absolute Gasteiger partial charge is 1.00 e. The van der Waals surface area contributed by atoms with Crippen LogP contribution in [0.3, 0.4) is 0 Å². The van der Waals surface area contributed by atoms with Gasteiger partial charge in [0.15, 0.2) is 0 Å². The minimum atomic E-state index is -5.39. The van der Waals surface area contributed by atoms with E-state index in [9.17, 15) is 0 Å². The summed E-state index contributed by atoms with van der Waals surface area (Å²) < 4.78 is 2.91. The van der Waals surface area contributed by atoms with E-state index < -0.39 is 22.4 Å². The molecule has 4 fully saturated rings. The number of rotatable bonds is 0. The molecular formula is Li3O4P5S10. The zero-order valence-corrected chi connectivity index (χ0v) is 23.6. The van der Waals surface area contributed by atoms with E-state index in [4.69, 9.17) is 66.5 Å². The van der Waals surface area contributed by atoms with Gasteiger partial charge in [0.25, 0.3) is 0 Å². The third-order valence-corrected chi connectivity index (χ3v) is 97.2. The molecule has 0 aliphatic carbocycles. The first-order valence-corrected chi connectivity index (χ1v) is 28.5. The van der Waals surface area contributed by atoms with Gasteiger partial charge in [0.05, 0.1) is 0 Å². The number of hydrogen-bond acceptors (Lipinski definition) is 14. The van der Waals surface area contributed by atoms with Crippen LogP contribution in [0.1, 0.15) is 0 Å². The molecule has 0 atom stereocenters. The normalized spacial score (nSPS) is 44.5. The third-order valence-electron chi connectivity index (χ3n) is 1.20. The molecule has 0 N–H and O–H groups in total. The maximum atomic E-state index is 8.55. The van der Waals surface area contributed by atoms with Crippen LogP contribution in [0.25, 0.3) is 0 Å². The average molecular weight is 560 g/mol. The SMILES string of the molecule is O=P([O-])([O-])[O-].S=P12SP3(=S)SP(=S)(S1)SP(=S)(S2)S3.[Li+].[Li+].[Li+]. The summed E-state index contributed by atoms with van der Waals surface area (Å²) in [6.45, 7) is 0. The summed E-state index contributed by atoms with van der Waals surface area (Å²) in [5.41, 5.74) is 0. The smallest absolute Gasteiger partial charge is 0.822 e. The quantitative estimate of drug-likeness (QED) is 0.211. The summed E-state index contributed by atoms with van der Waals surface area (Å²) >= 11 is 34.5. The van der Waals surface area contributed by atoms with Gasteiger partial charge >= 0.3 is 56.6 Å². The molecule has 0 aromatic heterocycles. The Morgan fingerprint density at radius 3 is 0.773 bits per heavy atom. The van der Waals surface area contributed by atoms with Gasteiger partial charge in [-0.1, -0.05) is 47.2 Å². The van der Waals surface area contributed by atoms with E-state index >= 15 is 0 Å². The van der Waals surface area contributed by atoms with Gasteiger partial charge in [-0.3, -0.25) is 0 Å². The molecule has 4 nitrogen and oxygen atoms in total. The fraction of sp³-hybridized carbons (Fsp3) is 0. The Morgan fingerprint density at radius 2 is 0.682 bits per heavy atom. The molecule has 4 bridgehead atoms. The molecule has 4 aliphatic heterocycles. The summed E-state index contributed by atoms with van der Waals surface area (Å²) in [5.74, 6) is 0. The van der Waals surface area contributed by atoms with Crippen molar-refractivity contribution >= 4 is 136 Å². The van der Waals surface area contributed by atoms with Crippen molar-refractivity contribution in [1.29, 1.82) is 0 Å². The van der Waals surface area contributed by atoms with Crippen LogP contribution in [-0.4, -0.2) is 0 Å². The zero-order chi connectivity index (χ0) is 14.7. The second-order valence-corrected chi connectivity index (χ2v) is 62.9. The zero-order valence-electron chi connectivity index (χ0n) is 11.0. The monoisotopic (exact) mass is 560 g/mol. The van der Waals surface area contributed by atoms with E-state index in [0.717, 1.165) is 0 Å². The third kappa shape index (κ3) is 9.61. The van der Waals surface area contributed by atoms with Gasteiger partial charge in [-0.2, -0.15) is 7.82 Å². The van der Waals surface area contributed by atoms with Gasteiger partial charge in [-0.25, -0.2) is 0 Å². The fourth-order valence-electron chi connectivity index (χ4n) is 0.914. The minimum absolute atomic E-state index is 0. The van der Waals surface area contributed by atoms with Crippen molar-refractivity contribution in [2.45, 2.75) is 0 Å². The standard InChI is InChI=1S/3Li.H3O4P.P4S10/c;;;1-5(2,3)4;5-1-9-2(6)12-3(7,10-1)14-4(8,11-1)13-2/h;;;(H3,1,2,3,4);/q3*+1;;/p-3. The summed E-state index contributed by atoms with van der Waals surface area (Å²) in [5, 5.41) is 0. The molecule has 22 heavy (non-hydrogen) atoms. The second kappa shape index (κ2) is 10.8. The summed E-state index contributed by atoms with van der Waals surface area (Å²) in [4.78, 5) is 25.6. The Balaban J connectivity index is 0. The van der Waals surface area contributed by atoms with Crippen LogP contribution in [0.5, 0.6) is 0 Å². The van der Waals surface area contributed by atoms with Gasteiger partial charge in [-0.05, 0) is 66.0 Å². The molecule has 22 heteroatoms. The molecule has 0 saturated carbocycles. The van der Waals surface area contributed by atoms with Gasteiger partial charge in [0.1, 0.15) is 14.6 Å². The van der Waals surface area contributed by atoms with Gasteiger partial charge < -0.3 is 19.2 Å². The summed E-state index contributed by atoms with van der Waals surface area (Å²) in [6.07, 6.45) is 0. The van der Waals surface area contributed by atoms with Gasteiger partial charge in [0.2, 0.25) is 0 Å². The van der Waals surface area contributed by atoms with Crippen LogP contribution < -0.4 is 71.3 Å². The molecule has 0 amide bonds. The first-order valence-electron chi connectivity index (χ1n) is 3.65. The maximum Gasteiger partial charge on any atom is 1.00 e. The molecule has 0 radical (unpaired) electrons. The predicted molar refractivity (Wildman–Crippen MR) is 110 cm³/mol. The van der Waals surface area contributed by atoms with Crippen molar-refractivity contribution in [3.8, 4) is 0 Å². The molecule has 4 heterocycles. The molecule has 4 aliphatic rings. The van der Waals surface area contributed by atoms with Crippen LogP contribution in [0.2, 0.25) is 0 Å². The van der Waals surface area contributed by atoms with Crippen molar-refractivity contribution in [2.75, 3.05) is 0 Å². The fourth-order valence-corrected chi connectivity index (χ4v) is 222. The Hall–Kier alpha value is 6.60. The molecule has 112 valence electrons. The van der Waals surface area contributed by atoms with Crippen molar-refractivity contribution in [3.63, 3.8) is 0 Å². The number of phosphoric acid groups is 1. The van der Waals surface area contributed by atoms with E-state index in [2.05, 4.69) is 0 Å².